The van der Waals surface area contributed by atoms with Crippen molar-refractivity contribution in [3.8, 4) is 5.75 Å². The Morgan fingerprint density at radius 3 is 2.43 bits per heavy atom. The lowest BCUT2D eigenvalue weighted by atomic mass is 10.2. The zero-order chi connectivity index (χ0) is 24.8. The molecule has 0 radical (unpaired) electrons. The fourth-order valence-electron chi connectivity index (χ4n) is 3.48. The van der Waals surface area contributed by atoms with Gasteiger partial charge in [0.2, 0.25) is 5.91 Å². The van der Waals surface area contributed by atoms with Gasteiger partial charge in [-0.25, -0.2) is 0 Å². The number of morpholine rings is 1. The van der Waals surface area contributed by atoms with Crippen LogP contribution in [0, 0.1) is 6.92 Å². The van der Waals surface area contributed by atoms with Gasteiger partial charge in [0.15, 0.2) is 6.61 Å². The van der Waals surface area contributed by atoms with Crippen molar-refractivity contribution in [2.75, 3.05) is 44.8 Å². The number of anilines is 1. The molecule has 2 aromatic carbocycles. The molecule has 2 aliphatic rings. The van der Waals surface area contributed by atoms with Crippen molar-refractivity contribution in [1.82, 2.24) is 9.80 Å². The molecule has 10 heteroatoms. The number of carbonyl (C=O) groups excluding carboxylic acids is 4. The predicted molar refractivity (Wildman–Crippen MR) is 132 cm³/mol. The summed E-state index contributed by atoms with van der Waals surface area (Å²) in [7, 11) is 0. The number of imide groups is 1. The highest BCUT2D eigenvalue weighted by atomic mass is 32.2. The Morgan fingerprint density at radius 2 is 1.74 bits per heavy atom. The van der Waals surface area contributed by atoms with Gasteiger partial charge in [-0.05, 0) is 54.6 Å². The number of thioether (sulfide) groups is 1. The van der Waals surface area contributed by atoms with Crippen molar-refractivity contribution in [2.24, 2.45) is 0 Å². The maximum Gasteiger partial charge on any atom is 0.294 e. The third kappa shape index (κ3) is 6.49. The number of rotatable bonds is 7. The van der Waals surface area contributed by atoms with Gasteiger partial charge >= 0.3 is 0 Å². The Hall–Kier alpha value is -3.63. The predicted octanol–water partition coefficient (Wildman–Crippen LogP) is 2.91. The van der Waals surface area contributed by atoms with E-state index >= 15 is 0 Å². The number of nitrogens with zero attached hydrogens (tertiary/aromatic N) is 2. The van der Waals surface area contributed by atoms with Gasteiger partial charge in [-0.2, -0.15) is 0 Å². The first kappa shape index (κ1) is 24.5. The van der Waals surface area contributed by atoms with Gasteiger partial charge in [0.05, 0.1) is 18.1 Å². The molecule has 0 unspecified atom stereocenters. The van der Waals surface area contributed by atoms with E-state index in [9.17, 15) is 19.2 Å². The summed E-state index contributed by atoms with van der Waals surface area (Å²) < 4.78 is 10.8. The molecular weight excluding hydrogens is 470 g/mol. The lowest BCUT2D eigenvalue weighted by Gasteiger charge is -2.26. The monoisotopic (exact) mass is 495 g/mol. The molecule has 0 atom stereocenters. The van der Waals surface area contributed by atoms with E-state index in [4.69, 9.17) is 9.47 Å². The number of aryl methyl sites for hydroxylation is 1. The van der Waals surface area contributed by atoms with Gasteiger partial charge in [0, 0.05) is 18.8 Å². The minimum absolute atomic E-state index is 0.0666. The molecule has 2 heterocycles. The molecule has 2 saturated heterocycles. The molecule has 0 bridgehead atoms. The Balaban J connectivity index is 1.31. The largest absolute Gasteiger partial charge is 0.484 e. The van der Waals surface area contributed by atoms with E-state index < -0.39 is 17.1 Å². The van der Waals surface area contributed by atoms with Crippen molar-refractivity contribution >= 4 is 46.5 Å². The van der Waals surface area contributed by atoms with Gasteiger partial charge in [-0.3, -0.25) is 24.1 Å². The molecule has 35 heavy (non-hydrogen) atoms. The number of amides is 4. The van der Waals surface area contributed by atoms with Crippen LogP contribution in [0.2, 0.25) is 0 Å². The standard InChI is InChI=1S/C25H25N3O6S/c1-17-2-6-19(7-3-17)26-22(29)15-28-24(31)21(35-25(28)32)14-18-4-8-20(9-5-18)34-16-23(30)27-10-12-33-13-11-27/h2-9,14H,10-13,15-16H2,1H3,(H,26,29)/b21-14+. The highest BCUT2D eigenvalue weighted by Crippen LogP contribution is 2.32. The van der Waals surface area contributed by atoms with Gasteiger partial charge in [-0.15, -0.1) is 0 Å². The fraction of sp³-hybridized carbons (Fsp3) is 0.280. The van der Waals surface area contributed by atoms with E-state index in [0.717, 1.165) is 22.2 Å². The molecule has 4 rings (SSSR count). The SMILES string of the molecule is Cc1ccc(NC(=O)CN2C(=O)S/C(=C/c3ccc(OCC(=O)N4CCOCC4)cc3)C2=O)cc1. The zero-order valence-electron chi connectivity index (χ0n) is 19.2. The zero-order valence-corrected chi connectivity index (χ0v) is 20.0. The van der Waals surface area contributed by atoms with E-state index in [0.29, 0.717) is 43.3 Å². The summed E-state index contributed by atoms with van der Waals surface area (Å²) >= 11 is 0.788. The van der Waals surface area contributed by atoms with Crippen LogP contribution in [0.5, 0.6) is 5.75 Å². The Labute approximate surface area is 207 Å². The lowest BCUT2D eigenvalue weighted by Crippen LogP contribution is -2.42. The number of hydrogen-bond donors (Lipinski definition) is 1. The highest BCUT2D eigenvalue weighted by molar-refractivity contribution is 8.18. The average molecular weight is 496 g/mol. The van der Waals surface area contributed by atoms with E-state index in [1.54, 1.807) is 47.4 Å². The Kier molecular flexibility index (Phi) is 7.84. The second-order valence-corrected chi connectivity index (χ2v) is 9.03. The summed E-state index contributed by atoms with van der Waals surface area (Å²) in [5.74, 6) is -0.553. The summed E-state index contributed by atoms with van der Waals surface area (Å²) in [6, 6.07) is 14.1. The van der Waals surface area contributed by atoms with E-state index in [-0.39, 0.29) is 24.0 Å². The number of ether oxygens (including phenoxy) is 2. The van der Waals surface area contributed by atoms with E-state index in [1.807, 2.05) is 19.1 Å². The molecule has 2 fully saturated rings. The molecule has 1 N–H and O–H groups in total. The van der Waals surface area contributed by atoms with E-state index in [2.05, 4.69) is 5.32 Å². The van der Waals surface area contributed by atoms with Crippen molar-refractivity contribution in [1.29, 1.82) is 0 Å². The molecule has 0 aliphatic carbocycles. The van der Waals surface area contributed by atoms with E-state index in [1.165, 1.54) is 0 Å². The average Bonchev–Trinajstić information content (AvgIpc) is 3.12. The molecule has 182 valence electrons. The summed E-state index contributed by atoms with van der Waals surface area (Å²) in [6.07, 6.45) is 1.59. The van der Waals surface area contributed by atoms with Crippen LogP contribution in [-0.4, -0.2) is 72.2 Å². The summed E-state index contributed by atoms with van der Waals surface area (Å²) in [5.41, 5.74) is 2.34. The molecule has 4 amide bonds. The maximum absolute atomic E-state index is 12.7. The van der Waals surface area contributed by atoms with Crippen molar-refractivity contribution in [3.05, 3.63) is 64.6 Å². The van der Waals surface area contributed by atoms with Gasteiger partial charge in [0.25, 0.3) is 17.1 Å². The number of benzene rings is 2. The first-order valence-electron chi connectivity index (χ1n) is 11.1. The van der Waals surface area contributed by atoms with Crippen LogP contribution in [0.3, 0.4) is 0 Å². The summed E-state index contributed by atoms with van der Waals surface area (Å²) in [5, 5.41) is 2.19. The number of hydrogen-bond acceptors (Lipinski definition) is 7. The van der Waals surface area contributed by atoms with Gasteiger partial charge in [0.1, 0.15) is 12.3 Å². The minimum Gasteiger partial charge on any atom is -0.484 e. The molecule has 0 aromatic heterocycles. The van der Waals surface area contributed by atoms with Crippen LogP contribution >= 0.6 is 11.8 Å². The van der Waals surface area contributed by atoms with Crippen LogP contribution in [-0.2, 0) is 19.1 Å². The van der Waals surface area contributed by atoms with Crippen LogP contribution in [0.25, 0.3) is 6.08 Å². The molecular formula is C25H25N3O6S. The second-order valence-electron chi connectivity index (χ2n) is 8.03. The molecule has 9 nitrogen and oxygen atoms in total. The van der Waals surface area contributed by atoms with Crippen LogP contribution in [0.4, 0.5) is 10.5 Å². The first-order chi connectivity index (χ1) is 16.9. The Bertz CT molecular complexity index is 1140. The van der Waals surface area contributed by atoms with Crippen molar-refractivity contribution in [2.45, 2.75) is 6.92 Å². The third-order valence-electron chi connectivity index (χ3n) is 5.41. The minimum atomic E-state index is -0.518. The highest BCUT2D eigenvalue weighted by Gasteiger charge is 2.36. The first-order valence-corrected chi connectivity index (χ1v) is 11.9. The van der Waals surface area contributed by atoms with Crippen LogP contribution in [0.15, 0.2) is 53.4 Å². The van der Waals surface area contributed by atoms with Crippen LogP contribution < -0.4 is 10.1 Å². The second kappa shape index (κ2) is 11.2. The van der Waals surface area contributed by atoms with Crippen molar-refractivity contribution < 1.29 is 28.7 Å². The summed E-state index contributed by atoms with van der Waals surface area (Å²) in [4.78, 5) is 52.4. The van der Waals surface area contributed by atoms with Gasteiger partial charge < -0.3 is 19.7 Å². The third-order valence-corrected chi connectivity index (χ3v) is 6.32. The molecule has 2 aromatic rings. The normalized spacial score (nSPS) is 17.1. The quantitative estimate of drug-likeness (QED) is 0.589. The topological polar surface area (TPSA) is 105 Å². The fourth-order valence-corrected chi connectivity index (χ4v) is 4.32. The van der Waals surface area contributed by atoms with Crippen LogP contribution in [0.1, 0.15) is 11.1 Å². The Morgan fingerprint density at radius 1 is 1.06 bits per heavy atom. The van der Waals surface area contributed by atoms with Crippen molar-refractivity contribution in [3.63, 3.8) is 0 Å². The summed E-state index contributed by atoms with van der Waals surface area (Å²) in [6.45, 7) is 3.69. The van der Waals surface area contributed by atoms with Gasteiger partial charge in [-0.1, -0.05) is 29.8 Å². The molecule has 0 saturated carbocycles. The lowest BCUT2D eigenvalue weighted by molar-refractivity contribution is -0.137. The smallest absolute Gasteiger partial charge is 0.294 e. The molecule has 2 aliphatic heterocycles. The number of carbonyl (C=O) groups is 4. The molecule has 0 spiro atoms. The number of nitrogens with one attached hydrogen (secondary N) is 1. The maximum atomic E-state index is 12.7.